The average Bonchev–Trinajstić information content (AvgIpc) is 2.61. The van der Waals surface area contributed by atoms with Crippen LogP contribution in [0.15, 0.2) is 30.5 Å². The van der Waals surface area contributed by atoms with Gasteiger partial charge in [-0.3, -0.25) is 0 Å². The van der Waals surface area contributed by atoms with Gasteiger partial charge < -0.3 is 9.72 Å². The number of ether oxygens (including phenoxy) is 1. The lowest BCUT2D eigenvalue weighted by Crippen LogP contribution is -1.94. The lowest BCUT2D eigenvalue weighted by molar-refractivity contribution is 0.318. The van der Waals surface area contributed by atoms with E-state index in [1.807, 2.05) is 24.4 Å². The van der Waals surface area contributed by atoms with Crippen LogP contribution in [0.4, 0.5) is 0 Å². The highest BCUT2D eigenvalue weighted by atomic mass is 16.5. The summed E-state index contributed by atoms with van der Waals surface area (Å²) in [5.74, 6) is 0.953. The van der Waals surface area contributed by atoms with Crippen molar-refractivity contribution in [3.05, 3.63) is 30.5 Å². The fourth-order valence-corrected chi connectivity index (χ4v) is 1.34. The van der Waals surface area contributed by atoms with Crippen molar-refractivity contribution in [2.24, 2.45) is 0 Å². The highest BCUT2D eigenvalue weighted by Crippen LogP contribution is 2.19. The molecular formula is C11H13NO. The Balaban J connectivity index is 2.26. The van der Waals surface area contributed by atoms with Gasteiger partial charge in [-0.2, -0.15) is 0 Å². The lowest BCUT2D eigenvalue weighted by Gasteiger charge is -2.03. The highest BCUT2D eigenvalue weighted by molar-refractivity contribution is 5.80. The Bertz CT molecular complexity index is 392. The van der Waals surface area contributed by atoms with Crippen LogP contribution in [-0.4, -0.2) is 11.6 Å². The van der Waals surface area contributed by atoms with Crippen LogP contribution in [0.5, 0.6) is 5.75 Å². The minimum atomic E-state index is 0.788. The quantitative estimate of drug-likeness (QED) is 0.762. The Labute approximate surface area is 77.5 Å². The number of rotatable bonds is 3. The minimum absolute atomic E-state index is 0.788. The van der Waals surface area contributed by atoms with E-state index in [1.165, 1.54) is 5.39 Å². The molecule has 1 N–H and O–H groups in total. The number of nitrogens with one attached hydrogen (secondary N) is 1. The van der Waals surface area contributed by atoms with Gasteiger partial charge >= 0.3 is 0 Å². The third-order valence-electron chi connectivity index (χ3n) is 2.00. The maximum absolute atomic E-state index is 5.52. The fraction of sp³-hybridized carbons (Fsp3) is 0.273. The van der Waals surface area contributed by atoms with Crippen molar-refractivity contribution in [1.29, 1.82) is 0 Å². The zero-order valence-corrected chi connectivity index (χ0v) is 7.71. The van der Waals surface area contributed by atoms with Gasteiger partial charge in [0.2, 0.25) is 0 Å². The van der Waals surface area contributed by atoms with E-state index in [4.69, 9.17) is 4.74 Å². The monoisotopic (exact) mass is 175 g/mol. The predicted molar refractivity (Wildman–Crippen MR) is 54.1 cm³/mol. The minimum Gasteiger partial charge on any atom is -0.494 e. The molecule has 0 aliphatic heterocycles. The maximum atomic E-state index is 5.52. The number of hydrogen-bond acceptors (Lipinski definition) is 1. The van der Waals surface area contributed by atoms with Gasteiger partial charge in [-0.15, -0.1) is 0 Å². The Morgan fingerprint density at radius 3 is 3.08 bits per heavy atom. The molecule has 1 aromatic carbocycles. The molecule has 0 aliphatic carbocycles. The van der Waals surface area contributed by atoms with Crippen LogP contribution in [0.25, 0.3) is 10.9 Å². The summed E-state index contributed by atoms with van der Waals surface area (Å²) in [6, 6.07) is 8.14. The summed E-state index contributed by atoms with van der Waals surface area (Å²) < 4.78 is 5.52. The largest absolute Gasteiger partial charge is 0.494 e. The molecule has 0 bridgehead atoms. The van der Waals surface area contributed by atoms with Crippen LogP contribution >= 0.6 is 0 Å². The topological polar surface area (TPSA) is 25.0 Å². The van der Waals surface area contributed by atoms with Gasteiger partial charge in [-0.25, -0.2) is 0 Å². The molecule has 0 saturated heterocycles. The van der Waals surface area contributed by atoms with Crippen LogP contribution in [0.1, 0.15) is 13.3 Å². The fourth-order valence-electron chi connectivity index (χ4n) is 1.34. The second kappa shape index (κ2) is 3.52. The summed E-state index contributed by atoms with van der Waals surface area (Å²) in [7, 11) is 0. The zero-order chi connectivity index (χ0) is 9.10. The third-order valence-corrected chi connectivity index (χ3v) is 2.00. The Kier molecular flexibility index (Phi) is 2.21. The number of benzene rings is 1. The summed E-state index contributed by atoms with van der Waals surface area (Å²) in [6.07, 6.45) is 2.99. The van der Waals surface area contributed by atoms with E-state index in [9.17, 15) is 0 Å². The van der Waals surface area contributed by atoms with Crippen LogP contribution in [0.3, 0.4) is 0 Å². The van der Waals surface area contributed by atoms with Crippen molar-refractivity contribution in [3.8, 4) is 5.75 Å². The first-order valence-corrected chi connectivity index (χ1v) is 4.60. The number of aromatic nitrogens is 1. The van der Waals surface area contributed by atoms with E-state index in [2.05, 4.69) is 18.0 Å². The molecule has 2 rings (SSSR count). The summed E-state index contributed by atoms with van der Waals surface area (Å²) in [5, 5.41) is 1.20. The molecule has 2 aromatic rings. The molecule has 0 radical (unpaired) electrons. The number of fused-ring (bicyclic) bond motifs is 1. The van der Waals surface area contributed by atoms with Crippen molar-refractivity contribution in [3.63, 3.8) is 0 Å². The molecule has 0 fully saturated rings. The summed E-state index contributed by atoms with van der Waals surface area (Å²) in [6.45, 7) is 2.89. The first kappa shape index (κ1) is 8.17. The Morgan fingerprint density at radius 1 is 1.31 bits per heavy atom. The van der Waals surface area contributed by atoms with Crippen molar-refractivity contribution in [2.75, 3.05) is 6.61 Å². The Morgan fingerprint density at radius 2 is 2.23 bits per heavy atom. The molecule has 2 nitrogen and oxygen atoms in total. The Hall–Kier alpha value is -1.44. The molecule has 0 unspecified atom stereocenters. The molecule has 13 heavy (non-hydrogen) atoms. The van der Waals surface area contributed by atoms with E-state index < -0.39 is 0 Å². The van der Waals surface area contributed by atoms with E-state index >= 15 is 0 Å². The van der Waals surface area contributed by atoms with Gasteiger partial charge in [0, 0.05) is 17.1 Å². The van der Waals surface area contributed by atoms with Crippen molar-refractivity contribution >= 4 is 10.9 Å². The highest BCUT2D eigenvalue weighted by Gasteiger charge is 1.96. The van der Waals surface area contributed by atoms with Gasteiger partial charge in [0.1, 0.15) is 5.75 Å². The van der Waals surface area contributed by atoms with Crippen LogP contribution < -0.4 is 4.74 Å². The predicted octanol–water partition coefficient (Wildman–Crippen LogP) is 2.96. The second-order valence-electron chi connectivity index (χ2n) is 3.08. The van der Waals surface area contributed by atoms with E-state index in [1.54, 1.807) is 0 Å². The number of H-pyrrole nitrogens is 1. The van der Waals surface area contributed by atoms with E-state index in [-0.39, 0.29) is 0 Å². The molecule has 1 aromatic heterocycles. The van der Waals surface area contributed by atoms with Gasteiger partial charge in [-0.05, 0) is 30.7 Å². The molecule has 0 atom stereocenters. The molecule has 0 amide bonds. The molecule has 0 spiro atoms. The van der Waals surface area contributed by atoms with Crippen LogP contribution in [0, 0.1) is 0 Å². The third kappa shape index (κ3) is 1.66. The van der Waals surface area contributed by atoms with E-state index in [0.29, 0.717) is 0 Å². The molecular weight excluding hydrogens is 162 g/mol. The van der Waals surface area contributed by atoms with Gasteiger partial charge in [0.05, 0.1) is 6.61 Å². The average molecular weight is 175 g/mol. The number of hydrogen-bond donors (Lipinski definition) is 1. The maximum Gasteiger partial charge on any atom is 0.120 e. The van der Waals surface area contributed by atoms with Gasteiger partial charge in [0.15, 0.2) is 0 Å². The van der Waals surface area contributed by atoms with Gasteiger partial charge in [-0.1, -0.05) is 6.92 Å². The summed E-state index contributed by atoms with van der Waals surface area (Å²) >= 11 is 0. The first-order valence-electron chi connectivity index (χ1n) is 4.60. The van der Waals surface area contributed by atoms with Gasteiger partial charge in [0.25, 0.3) is 0 Å². The molecule has 68 valence electrons. The second-order valence-corrected chi connectivity index (χ2v) is 3.08. The molecule has 0 aliphatic rings. The van der Waals surface area contributed by atoms with Crippen molar-refractivity contribution in [1.82, 2.24) is 4.98 Å². The van der Waals surface area contributed by atoms with Crippen LogP contribution in [0.2, 0.25) is 0 Å². The first-order chi connectivity index (χ1) is 6.40. The lowest BCUT2D eigenvalue weighted by atomic mass is 10.2. The summed E-state index contributed by atoms with van der Waals surface area (Å²) in [5.41, 5.74) is 1.16. The zero-order valence-electron chi connectivity index (χ0n) is 7.71. The normalized spacial score (nSPS) is 10.5. The summed E-state index contributed by atoms with van der Waals surface area (Å²) in [4.78, 5) is 3.15. The molecule has 0 saturated carbocycles. The SMILES string of the molecule is CCCOc1ccc2[nH]ccc2c1. The molecule has 2 heteroatoms. The molecule has 1 heterocycles. The number of aromatic amines is 1. The van der Waals surface area contributed by atoms with E-state index in [0.717, 1.165) is 24.3 Å². The van der Waals surface area contributed by atoms with Crippen LogP contribution in [-0.2, 0) is 0 Å². The van der Waals surface area contributed by atoms with Crippen molar-refractivity contribution < 1.29 is 4.74 Å². The standard InChI is InChI=1S/C11H13NO/c1-2-7-13-10-3-4-11-9(8-10)5-6-12-11/h3-6,8,12H,2,7H2,1H3. The smallest absolute Gasteiger partial charge is 0.120 e. The van der Waals surface area contributed by atoms with Crippen molar-refractivity contribution in [2.45, 2.75) is 13.3 Å².